The van der Waals surface area contributed by atoms with Crippen molar-refractivity contribution < 1.29 is 13.6 Å². The molecule has 0 radical (unpaired) electrons. The quantitative estimate of drug-likeness (QED) is 0.346. The third kappa shape index (κ3) is 3.98. The van der Waals surface area contributed by atoms with Gasteiger partial charge in [-0.3, -0.25) is 4.57 Å². The van der Waals surface area contributed by atoms with Gasteiger partial charge in [-0.2, -0.15) is 0 Å². The molecule has 0 atom stereocenters. The van der Waals surface area contributed by atoms with E-state index in [2.05, 4.69) is 15.0 Å². The van der Waals surface area contributed by atoms with Crippen molar-refractivity contribution >= 4 is 59.3 Å². The summed E-state index contributed by atoms with van der Waals surface area (Å²) in [7, 11) is -3.62. The first-order valence-electron chi connectivity index (χ1n) is 10.5. The second-order valence-electron chi connectivity index (χ2n) is 7.36. The molecule has 2 aliphatic rings. The van der Waals surface area contributed by atoms with Crippen molar-refractivity contribution in [3.63, 3.8) is 0 Å². The number of rotatable bonds is 5. The van der Waals surface area contributed by atoms with Crippen LogP contribution in [0.5, 0.6) is 0 Å². The van der Waals surface area contributed by atoms with E-state index in [1.807, 2.05) is 66.8 Å². The van der Waals surface area contributed by atoms with Crippen molar-refractivity contribution in [2.24, 2.45) is 0 Å². The van der Waals surface area contributed by atoms with Gasteiger partial charge in [-0.05, 0) is 80.6 Å². The van der Waals surface area contributed by atoms with Crippen LogP contribution in [0.25, 0.3) is 46.4 Å². The number of aromatic nitrogens is 4. The van der Waals surface area contributed by atoms with Gasteiger partial charge in [0, 0.05) is 16.6 Å². The molecule has 5 rings (SSSR count). The van der Waals surface area contributed by atoms with Gasteiger partial charge < -0.3 is 19.0 Å². The maximum absolute atomic E-state index is 13.8. The Hall–Kier alpha value is -3.25. The molecule has 3 aromatic heterocycles. The minimum atomic E-state index is -3.62. The molecule has 5 heterocycles. The Morgan fingerprint density at radius 1 is 0.750 bits per heavy atom. The summed E-state index contributed by atoms with van der Waals surface area (Å²) in [4.78, 5) is 16.1. The first kappa shape index (κ1) is 20.6. The van der Waals surface area contributed by atoms with Gasteiger partial charge in [0.1, 0.15) is 5.30 Å². The highest BCUT2D eigenvalue weighted by Crippen LogP contribution is 2.48. The zero-order chi connectivity index (χ0) is 22.1. The second-order valence-corrected chi connectivity index (χ2v) is 9.32. The second kappa shape index (κ2) is 8.36. The van der Waals surface area contributed by atoms with E-state index in [1.54, 1.807) is 13.8 Å². The predicted octanol–water partition coefficient (Wildman–Crippen LogP) is 5.55. The lowest BCUT2D eigenvalue weighted by Gasteiger charge is -2.17. The molecule has 7 nitrogen and oxygen atoms in total. The summed E-state index contributed by atoms with van der Waals surface area (Å²) in [6, 6.07) is 13.7. The van der Waals surface area contributed by atoms with Crippen molar-refractivity contribution in [3.05, 3.63) is 65.2 Å². The summed E-state index contributed by atoms with van der Waals surface area (Å²) in [6.07, 6.45) is 7.62. The van der Waals surface area contributed by atoms with Crippen LogP contribution in [0.15, 0.2) is 42.5 Å². The topological polar surface area (TPSA) is 92.9 Å². The first-order chi connectivity index (χ1) is 15.6. The zero-order valence-corrected chi connectivity index (χ0v) is 18.7. The number of nitrogens with zero attached hydrogens (tertiary/aromatic N) is 2. The van der Waals surface area contributed by atoms with Crippen LogP contribution in [-0.4, -0.2) is 33.1 Å². The average Bonchev–Trinajstić information content (AvgIpc) is 3.54. The van der Waals surface area contributed by atoms with E-state index in [-0.39, 0.29) is 13.2 Å². The fourth-order valence-corrected chi connectivity index (χ4v) is 5.63. The molecule has 32 heavy (non-hydrogen) atoms. The van der Waals surface area contributed by atoms with E-state index in [0.717, 1.165) is 27.9 Å². The van der Waals surface area contributed by atoms with Crippen molar-refractivity contribution in [1.29, 1.82) is 0 Å². The van der Waals surface area contributed by atoms with Crippen molar-refractivity contribution in [2.45, 2.75) is 13.8 Å². The lowest BCUT2D eigenvalue weighted by atomic mass is 10.3. The molecule has 8 bridgehead atoms. The van der Waals surface area contributed by atoms with E-state index in [4.69, 9.17) is 14.0 Å². The van der Waals surface area contributed by atoms with Gasteiger partial charge in [0.25, 0.3) is 0 Å². The van der Waals surface area contributed by atoms with Gasteiger partial charge in [0.2, 0.25) is 0 Å². The minimum Gasteiger partial charge on any atom is -0.355 e. The highest BCUT2D eigenvalue weighted by Gasteiger charge is 2.32. The van der Waals surface area contributed by atoms with Crippen LogP contribution in [0, 0.1) is 0 Å². The normalized spacial score (nSPS) is 13.1. The standard InChI is InChI=1S/C24H23N4O3P/c1-3-30-32(29,31-4-2)24-22-11-9-20(27-22)14-18-7-5-16(25-18)13-17-6-8-19(26-17)15-21-10-12-23(24)28-21/h5-15,25,27H,3-4H2,1-2H3. The number of aromatic amines is 2. The van der Waals surface area contributed by atoms with E-state index in [1.165, 1.54) is 0 Å². The van der Waals surface area contributed by atoms with E-state index >= 15 is 0 Å². The molecule has 2 aliphatic heterocycles. The van der Waals surface area contributed by atoms with Crippen molar-refractivity contribution in [1.82, 2.24) is 19.9 Å². The molecule has 162 valence electrons. The molecule has 2 N–H and O–H groups in total. The van der Waals surface area contributed by atoms with Gasteiger partial charge in [-0.15, -0.1) is 0 Å². The van der Waals surface area contributed by atoms with Gasteiger partial charge in [-0.25, -0.2) is 9.97 Å². The van der Waals surface area contributed by atoms with Crippen LogP contribution in [0.4, 0.5) is 0 Å². The Morgan fingerprint density at radius 3 is 2.09 bits per heavy atom. The number of nitrogens with one attached hydrogen (secondary N) is 2. The third-order valence-electron chi connectivity index (χ3n) is 5.06. The largest absolute Gasteiger partial charge is 0.365 e. The minimum absolute atomic E-state index is 0.252. The average molecular weight is 446 g/mol. The monoisotopic (exact) mass is 446 g/mol. The Labute approximate surface area is 185 Å². The summed E-state index contributed by atoms with van der Waals surface area (Å²) in [5.74, 6) is 0. The van der Waals surface area contributed by atoms with Gasteiger partial charge in [0.15, 0.2) is 0 Å². The van der Waals surface area contributed by atoms with Crippen LogP contribution in [-0.2, 0) is 13.6 Å². The number of hydrogen-bond acceptors (Lipinski definition) is 5. The molecular formula is C24H23N4O3P. The van der Waals surface area contributed by atoms with E-state index in [0.29, 0.717) is 22.2 Å². The molecule has 3 aromatic rings. The van der Waals surface area contributed by atoms with Crippen LogP contribution in [0.2, 0.25) is 0 Å². The summed E-state index contributed by atoms with van der Waals surface area (Å²) in [5, 5.41) is 0.421. The summed E-state index contributed by atoms with van der Waals surface area (Å²) >= 11 is 0. The highest BCUT2D eigenvalue weighted by atomic mass is 31.2. The smallest absolute Gasteiger partial charge is 0.355 e. The van der Waals surface area contributed by atoms with Gasteiger partial charge in [-0.1, -0.05) is 0 Å². The number of H-pyrrole nitrogens is 2. The lowest BCUT2D eigenvalue weighted by Crippen LogP contribution is -2.15. The molecule has 0 amide bonds. The highest BCUT2D eigenvalue weighted by molar-refractivity contribution is 7.62. The van der Waals surface area contributed by atoms with E-state index in [9.17, 15) is 4.57 Å². The predicted molar refractivity (Wildman–Crippen MR) is 129 cm³/mol. The van der Waals surface area contributed by atoms with Gasteiger partial charge in [0.05, 0.1) is 41.5 Å². The van der Waals surface area contributed by atoms with Crippen LogP contribution < -0.4 is 5.30 Å². The fraction of sp³-hybridized carbons (Fsp3) is 0.167. The molecule has 0 spiro atoms. The van der Waals surface area contributed by atoms with E-state index < -0.39 is 7.60 Å². The lowest BCUT2D eigenvalue weighted by molar-refractivity contribution is 0.230. The molecular weight excluding hydrogens is 423 g/mol. The number of fused-ring (bicyclic) bond motifs is 8. The molecule has 0 aromatic carbocycles. The molecule has 8 heteroatoms. The van der Waals surface area contributed by atoms with Crippen LogP contribution >= 0.6 is 7.60 Å². The first-order valence-corrected chi connectivity index (χ1v) is 12.1. The van der Waals surface area contributed by atoms with Crippen LogP contribution in [0.3, 0.4) is 0 Å². The molecule has 0 saturated heterocycles. The SMILES string of the molecule is CCOP(=O)(OCC)c1c2nc(cc3nc(cc4ccc(cc5ccc1[nH]5)[nH]4)C=C3)C=C2. The maximum Gasteiger partial charge on any atom is 0.365 e. The molecule has 0 unspecified atom stereocenters. The Kier molecular flexibility index (Phi) is 5.39. The van der Waals surface area contributed by atoms with Crippen molar-refractivity contribution in [2.75, 3.05) is 13.2 Å². The molecule has 0 fully saturated rings. The van der Waals surface area contributed by atoms with Gasteiger partial charge >= 0.3 is 7.60 Å². The summed E-state index contributed by atoms with van der Waals surface area (Å²) < 4.78 is 25.2. The molecule has 0 aliphatic carbocycles. The number of hydrogen-bond donors (Lipinski definition) is 2. The zero-order valence-electron chi connectivity index (χ0n) is 17.8. The summed E-state index contributed by atoms with van der Waals surface area (Å²) in [6.45, 7) is 4.10. The Morgan fingerprint density at radius 2 is 1.34 bits per heavy atom. The van der Waals surface area contributed by atoms with Crippen LogP contribution in [0.1, 0.15) is 36.6 Å². The third-order valence-corrected chi connectivity index (χ3v) is 7.28. The summed E-state index contributed by atoms with van der Waals surface area (Å²) in [5.41, 5.74) is 6.30. The Balaban J connectivity index is 1.87. The maximum atomic E-state index is 13.8. The Bertz CT molecular complexity index is 1440. The van der Waals surface area contributed by atoms with Crippen molar-refractivity contribution in [3.8, 4) is 0 Å². The molecule has 0 saturated carbocycles. The fourth-order valence-electron chi connectivity index (χ4n) is 3.79.